The third kappa shape index (κ3) is 1.22. The summed E-state index contributed by atoms with van der Waals surface area (Å²) in [5.41, 5.74) is 5.75. The largest absolute Gasteiger partial charge is 0.373 e. The maximum atomic E-state index is 5.38. The van der Waals surface area contributed by atoms with Crippen LogP contribution in [-0.4, -0.2) is 42.2 Å². The molecule has 68 valence electrons. The monoisotopic (exact) mass is 233 g/mol. The Kier molecular flexibility index (Phi) is 2.25. The first-order chi connectivity index (χ1) is 5.83. The molecule has 0 saturated carbocycles. The third-order valence-corrected chi connectivity index (χ3v) is 2.69. The second-order valence-electron chi connectivity index (χ2n) is 2.89. The molecule has 0 aromatic rings. The van der Waals surface area contributed by atoms with Gasteiger partial charge in [-0.1, -0.05) is 15.9 Å². The molecule has 0 aliphatic carbocycles. The molecule has 0 unspecified atom stereocenters. The molecule has 2 aliphatic rings. The smallest absolute Gasteiger partial charge is 0.0898 e. The minimum absolute atomic E-state index is 0.721. The number of fused-ring (bicyclic) bond motifs is 1. The highest BCUT2D eigenvalue weighted by Gasteiger charge is 2.27. The van der Waals surface area contributed by atoms with E-state index < -0.39 is 0 Å². The predicted molar refractivity (Wildman–Crippen MR) is 49.2 cm³/mol. The lowest BCUT2D eigenvalue weighted by molar-refractivity contribution is 0.0353. The van der Waals surface area contributed by atoms with Gasteiger partial charge in [0, 0.05) is 12.4 Å². The molecule has 1 saturated heterocycles. The van der Waals surface area contributed by atoms with Gasteiger partial charge in [0.25, 0.3) is 0 Å². The van der Waals surface area contributed by atoms with Crippen molar-refractivity contribution in [3.63, 3.8) is 0 Å². The second kappa shape index (κ2) is 3.24. The maximum absolute atomic E-state index is 5.38. The molecule has 2 heterocycles. The molecule has 1 N–H and O–H groups in total. The summed E-state index contributed by atoms with van der Waals surface area (Å²) in [6.07, 6.45) is 0. The van der Waals surface area contributed by atoms with E-state index in [4.69, 9.17) is 4.74 Å². The fraction of sp³-hybridized carbons (Fsp3) is 0.714. The van der Waals surface area contributed by atoms with E-state index in [1.165, 1.54) is 11.4 Å². The van der Waals surface area contributed by atoms with Gasteiger partial charge in [0.15, 0.2) is 0 Å². The van der Waals surface area contributed by atoms with E-state index in [9.17, 15) is 0 Å². The SMILES string of the molecule is CN1NN2CCOCC2=C1CBr. The van der Waals surface area contributed by atoms with Gasteiger partial charge in [-0.25, -0.2) is 0 Å². The molecule has 0 amide bonds. The number of nitrogens with one attached hydrogen (secondary N) is 1. The second-order valence-corrected chi connectivity index (χ2v) is 3.45. The number of ether oxygens (including phenoxy) is 1. The number of nitrogens with zero attached hydrogens (tertiary/aromatic N) is 2. The normalized spacial score (nSPS) is 23.5. The fourth-order valence-corrected chi connectivity index (χ4v) is 2.19. The van der Waals surface area contributed by atoms with E-state index in [1.54, 1.807) is 0 Å². The Morgan fingerprint density at radius 3 is 3.25 bits per heavy atom. The Morgan fingerprint density at radius 1 is 1.67 bits per heavy atom. The van der Waals surface area contributed by atoms with Gasteiger partial charge in [-0.15, -0.1) is 5.53 Å². The number of hydrazine groups is 2. The fourth-order valence-electron chi connectivity index (χ4n) is 1.49. The van der Waals surface area contributed by atoms with E-state index >= 15 is 0 Å². The van der Waals surface area contributed by atoms with Crippen molar-refractivity contribution in [3.8, 4) is 0 Å². The lowest BCUT2D eigenvalue weighted by Crippen LogP contribution is -2.43. The Labute approximate surface area is 80.2 Å². The highest BCUT2D eigenvalue weighted by Crippen LogP contribution is 2.22. The van der Waals surface area contributed by atoms with Crippen LogP contribution in [0.25, 0.3) is 0 Å². The van der Waals surface area contributed by atoms with Gasteiger partial charge in [0.2, 0.25) is 0 Å². The van der Waals surface area contributed by atoms with Crippen LogP contribution in [0.5, 0.6) is 0 Å². The first-order valence-corrected chi connectivity index (χ1v) is 5.08. The van der Waals surface area contributed by atoms with Gasteiger partial charge in [-0.2, -0.15) is 0 Å². The Bertz CT molecular complexity index is 219. The standard InChI is InChI=1S/C7H12BrN3O/c1-10-6(4-8)7-5-12-3-2-11(7)9-10/h9H,2-5H2,1H3. The summed E-state index contributed by atoms with van der Waals surface area (Å²) in [5.74, 6) is 0. The summed E-state index contributed by atoms with van der Waals surface area (Å²) >= 11 is 3.46. The van der Waals surface area contributed by atoms with Gasteiger partial charge < -0.3 is 4.74 Å². The molecule has 2 aliphatic heterocycles. The first-order valence-electron chi connectivity index (χ1n) is 3.96. The molecule has 0 aromatic carbocycles. The minimum atomic E-state index is 0.721. The summed E-state index contributed by atoms with van der Waals surface area (Å²) in [5, 5.41) is 5.03. The molecule has 0 atom stereocenters. The molecule has 0 bridgehead atoms. The van der Waals surface area contributed by atoms with Crippen molar-refractivity contribution >= 4 is 15.9 Å². The molecule has 2 rings (SSSR count). The highest BCUT2D eigenvalue weighted by molar-refractivity contribution is 9.09. The van der Waals surface area contributed by atoms with Crippen LogP contribution in [0.15, 0.2) is 11.4 Å². The van der Waals surface area contributed by atoms with Gasteiger partial charge in [0.05, 0.1) is 31.2 Å². The van der Waals surface area contributed by atoms with E-state index in [-0.39, 0.29) is 0 Å². The van der Waals surface area contributed by atoms with Crippen LogP contribution >= 0.6 is 15.9 Å². The number of hydrogen-bond acceptors (Lipinski definition) is 4. The predicted octanol–water partition coefficient (Wildman–Crippen LogP) is 0.290. The van der Waals surface area contributed by atoms with Crippen LogP contribution in [0.4, 0.5) is 0 Å². The molecule has 0 spiro atoms. The summed E-state index contributed by atoms with van der Waals surface area (Å²) in [6, 6.07) is 0. The van der Waals surface area contributed by atoms with E-state index in [0.717, 1.165) is 25.1 Å². The van der Waals surface area contributed by atoms with Crippen LogP contribution in [0.3, 0.4) is 0 Å². The molecule has 12 heavy (non-hydrogen) atoms. The molecule has 0 aromatic heterocycles. The van der Waals surface area contributed by atoms with Crippen LogP contribution in [-0.2, 0) is 4.74 Å². The maximum Gasteiger partial charge on any atom is 0.0898 e. The number of hydrogen-bond donors (Lipinski definition) is 1. The summed E-state index contributed by atoms with van der Waals surface area (Å²) in [4.78, 5) is 0. The topological polar surface area (TPSA) is 27.7 Å². The van der Waals surface area contributed by atoms with Crippen molar-refractivity contribution in [2.75, 3.05) is 32.1 Å². The van der Waals surface area contributed by atoms with Crippen LogP contribution in [0.2, 0.25) is 0 Å². The minimum Gasteiger partial charge on any atom is -0.373 e. The van der Waals surface area contributed by atoms with Crippen LogP contribution in [0.1, 0.15) is 0 Å². The number of morpholine rings is 1. The lowest BCUT2D eigenvalue weighted by Gasteiger charge is -2.26. The van der Waals surface area contributed by atoms with Crippen molar-refractivity contribution in [2.45, 2.75) is 0 Å². The van der Waals surface area contributed by atoms with Gasteiger partial charge in [0.1, 0.15) is 0 Å². The first kappa shape index (κ1) is 8.34. The summed E-state index contributed by atoms with van der Waals surface area (Å²) in [7, 11) is 2.02. The lowest BCUT2D eigenvalue weighted by atomic mass is 10.3. The Hall–Kier alpha value is -0.260. The van der Waals surface area contributed by atoms with Gasteiger partial charge in [-0.05, 0) is 0 Å². The third-order valence-electron chi connectivity index (χ3n) is 2.16. The van der Waals surface area contributed by atoms with E-state index in [1.807, 2.05) is 12.1 Å². The van der Waals surface area contributed by atoms with Crippen LogP contribution in [0, 0.1) is 0 Å². The van der Waals surface area contributed by atoms with Crippen molar-refractivity contribution in [3.05, 3.63) is 11.4 Å². The van der Waals surface area contributed by atoms with Gasteiger partial charge in [-0.3, -0.25) is 10.0 Å². The Morgan fingerprint density at radius 2 is 2.50 bits per heavy atom. The number of allylic oxidation sites excluding steroid dienone is 1. The van der Waals surface area contributed by atoms with Crippen LogP contribution < -0.4 is 5.53 Å². The quantitative estimate of drug-likeness (QED) is 0.660. The average molecular weight is 234 g/mol. The molecular formula is C7H12BrN3O. The van der Waals surface area contributed by atoms with Crippen molar-refractivity contribution in [1.29, 1.82) is 0 Å². The van der Waals surface area contributed by atoms with Gasteiger partial charge >= 0.3 is 0 Å². The molecule has 5 heteroatoms. The van der Waals surface area contributed by atoms with E-state index in [2.05, 4.69) is 26.5 Å². The Balaban J connectivity index is 2.22. The zero-order valence-corrected chi connectivity index (χ0v) is 8.60. The summed E-state index contributed by atoms with van der Waals surface area (Å²) < 4.78 is 5.38. The molecule has 0 radical (unpaired) electrons. The summed E-state index contributed by atoms with van der Waals surface area (Å²) in [6.45, 7) is 2.45. The molecular weight excluding hydrogens is 222 g/mol. The number of alkyl halides is 1. The molecule has 4 nitrogen and oxygen atoms in total. The average Bonchev–Trinajstić information content (AvgIpc) is 2.40. The number of halogens is 1. The van der Waals surface area contributed by atoms with E-state index in [0.29, 0.717) is 0 Å². The molecule has 1 fully saturated rings. The van der Waals surface area contributed by atoms with Crippen molar-refractivity contribution in [2.24, 2.45) is 0 Å². The zero-order valence-electron chi connectivity index (χ0n) is 7.01. The van der Waals surface area contributed by atoms with Crippen molar-refractivity contribution < 1.29 is 4.74 Å². The highest BCUT2D eigenvalue weighted by atomic mass is 79.9. The van der Waals surface area contributed by atoms with Crippen molar-refractivity contribution in [1.82, 2.24) is 15.6 Å². The number of rotatable bonds is 1. The zero-order chi connectivity index (χ0) is 8.55.